The molecule has 0 saturated heterocycles. The van der Waals surface area contributed by atoms with Gasteiger partial charge in [0.2, 0.25) is 0 Å². The van der Waals surface area contributed by atoms with Crippen LogP contribution >= 0.6 is 0 Å². The van der Waals surface area contributed by atoms with Crippen molar-refractivity contribution in [2.45, 2.75) is 83.1 Å². The molecule has 0 aliphatic heterocycles. The minimum atomic E-state index is -0.159. The molecular weight excluding hydrogens is 304 g/mol. The van der Waals surface area contributed by atoms with E-state index in [9.17, 15) is 4.79 Å². The minimum Gasteiger partial charge on any atom is -0.498 e. The van der Waals surface area contributed by atoms with Crippen molar-refractivity contribution >= 4 is 5.78 Å². The normalized spacial score (nSPS) is 10.4. The third-order valence-corrected chi connectivity index (χ3v) is 2.69. The highest BCUT2D eigenvalue weighted by Gasteiger charge is 2.23. The highest BCUT2D eigenvalue weighted by Crippen LogP contribution is 2.28. The predicted octanol–water partition coefficient (Wildman–Crippen LogP) is 4.79. The van der Waals surface area contributed by atoms with E-state index in [0.717, 1.165) is 12.4 Å². The summed E-state index contributed by atoms with van der Waals surface area (Å²) in [5.74, 6) is 1.63. The lowest BCUT2D eigenvalue weighted by Gasteiger charge is -2.24. The molecule has 4 nitrogen and oxygen atoms in total. The Bertz CT molecular complexity index is 338. The number of ether oxygens (including phenoxy) is 1. The summed E-state index contributed by atoms with van der Waals surface area (Å²) in [6.45, 7) is 25.2. The van der Waals surface area contributed by atoms with Crippen molar-refractivity contribution in [3.63, 3.8) is 0 Å². The molecule has 148 valence electrons. The number of Topliss-reactive ketones (excluding diaryl/α,β-unsaturated/α-hetero) is 1. The molecule has 4 heteroatoms. The monoisotopic (exact) mass is 348 g/mol. The van der Waals surface area contributed by atoms with E-state index in [0.29, 0.717) is 5.78 Å². The van der Waals surface area contributed by atoms with Gasteiger partial charge in [0, 0.05) is 23.4 Å². The summed E-state index contributed by atoms with van der Waals surface area (Å²) in [6.07, 6.45) is 0. The van der Waals surface area contributed by atoms with Crippen LogP contribution < -0.4 is 0 Å². The zero-order valence-electron chi connectivity index (χ0n) is 18.3. The molecular formula is C20H44O4. The van der Waals surface area contributed by atoms with Crippen LogP contribution in [0.1, 0.15) is 83.1 Å². The molecule has 0 bridgehead atoms. The molecule has 0 aliphatic carbocycles. The molecule has 0 heterocycles. The first-order chi connectivity index (χ1) is 10.2. The molecule has 0 aromatic heterocycles. The Hall–Kier alpha value is -0.870. The molecule has 0 atom stereocenters. The van der Waals surface area contributed by atoms with Gasteiger partial charge in [-0.1, -0.05) is 55.4 Å². The maximum absolute atomic E-state index is 11.2. The summed E-state index contributed by atoms with van der Waals surface area (Å²) in [4.78, 5) is 11.2. The lowest BCUT2D eigenvalue weighted by molar-refractivity contribution is -0.129. The molecule has 0 amide bonds. The number of carbonyl (C=O) groups excluding carboxylic acids is 1. The number of hydrogen-bond donors (Lipinski definition) is 1. The highest BCUT2D eigenvalue weighted by atomic mass is 16.5. The van der Waals surface area contributed by atoms with Gasteiger partial charge in [-0.05, 0) is 33.3 Å². The number of carbonyl (C=O) groups is 1. The summed E-state index contributed by atoms with van der Waals surface area (Å²) in [5.41, 5.74) is 1.27. The lowest BCUT2D eigenvalue weighted by atomic mass is 9.85. The Kier molecular flexibility index (Phi) is 18.7. The van der Waals surface area contributed by atoms with E-state index >= 15 is 0 Å². The maximum atomic E-state index is 11.2. The zero-order chi connectivity index (χ0) is 19.4. The van der Waals surface area contributed by atoms with Gasteiger partial charge in [0.25, 0.3) is 0 Å². The van der Waals surface area contributed by atoms with Crippen molar-refractivity contribution in [3.05, 3.63) is 11.3 Å². The van der Waals surface area contributed by atoms with Crippen LogP contribution in [0.3, 0.4) is 0 Å². The Morgan fingerprint density at radius 3 is 1.33 bits per heavy atom. The maximum Gasteiger partial charge on any atom is 0.140 e. The van der Waals surface area contributed by atoms with Crippen molar-refractivity contribution in [2.75, 3.05) is 13.2 Å². The van der Waals surface area contributed by atoms with Gasteiger partial charge in [-0.2, -0.15) is 0 Å². The van der Waals surface area contributed by atoms with Gasteiger partial charge in [0.15, 0.2) is 0 Å². The van der Waals surface area contributed by atoms with E-state index in [2.05, 4.69) is 34.6 Å². The van der Waals surface area contributed by atoms with Gasteiger partial charge in [-0.3, -0.25) is 4.79 Å². The van der Waals surface area contributed by atoms with Crippen LogP contribution in [0.5, 0.6) is 0 Å². The van der Waals surface area contributed by atoms with Crippen LogP contribution in [0.4, 0.5) is 0 Å². The van der Waals surface area contributed by atoms with Gasteiger partial charge in [-0.15, -0.1) is 0 Å². The number of rotatable bonds is 3. The number of aliphatic hydroxyl groups is 1. The van der Waals surface area contributed by atoms with E-state index in [1.165, 1.54) is 5.57 Å². The first-order valence-corrected chi connectivity index (χ1v) is 8.62. The quantitative estimate of drug-likeness (QED) is 0.744. The Labute approximate surface area is 151 Å². The second-order valence-electron chi connectivity index (χ2n) is 8.10. The third-order valence-electron chi connectivity index (χ3n) is 2.69. The summed E-state index contributed by atoms with van der Waals surface area (Å²) in [7, 11) is 0. The van der Waals surface area contributed by atoms with Gasteiger partial charge >= 0.3 is 0 Å². The fraction of sp³-hybridized carbons (Fsp3) is 0.850. The van der Waals surface area contributed by atoms with Crippen LogP contribution in [0.15, 0.2) is 11.3 Å². The summed E-state index contributed by atoms with van der Waals surface area (Å²) in [5, 5.41) is 7.57. The second-order valence-corrected chi connectivity index (χ2v) is 8.10. The van der Waals surface area contributed by atoms with Gasteiger partial charge in [-0.25, -0.2) is 0 Å². The second kappa shape index (κ2) is 14.5. The van der Waals surface area contributed by atoms with E-state index in [-0.39, 0.29) is 28.8 Å². The minimum absolute atomic E-state index is 0. The van der Waals surface area contributed by atoms with Crippen molar-refractivity contribution in [1.29, 1.82) is 0 Å². The standard InChI is InChI=1S/C10H20O.C8H16O.C2H6O.H2O/c1-7-11-9(8(2)3)10(4,5)6;1-6(2)7(9)8(3,4)5;1-2-3;/h7H2,1-6H3;6H,1-5H3;3H,2H2,1H3;1H2. The Balaban J connectivity index is -0.000000140. The molecule has 0 aliphatic rings. The van der Waals surface area contributed by atoms with Gasteiger partial charge < -0.3 is 15.3 Å². The molecule has 0 spiro atoms. The third kappa shape index (κ3) is 17.5. The predicted molar refractivity (Wildman–Crippen MR) is 105 cm³/mol. The fourth-order valence-electron chi connectivity index (χ4n) is 2.12. The molecule has 0 aromatic rings. The number of aliphatic hydroxyl groups excluding tert-OH is 1. The average molecular weight is 349 g/mol. The fourth-order valence-corrected chi connectivity index (χ4v) is 2.12. The topological polar surface area (TPSA) is 78.0 Å². The number of allylic oxidation sites excluding steroid dienone is 2. The van der Waals surface area contributed by atoms with Gasteiger partial charge in [0.05, 0.1) is 12.4 Å². The lowest BCUT2D eigenvalue weighted by Crippen LogP contribution is -2.24. The first-order valence-electron chi connectivity index (χ1n) is 8.62. The van der Waals surface area contributed by atoms with Crippen molar-refractivity contribution < 1.29 is 20.1 Å². The van der Waals surface area contributed by atoms with Crippen LogP contribution in [0.25, 0.3) is 0 Å². The van der Waals surface area contributed by atoms with Gasteiger partial charge in [0.1, 0.15) is 5.78 Å². The molecule has 0 saturated carbocycles. The molecule has 0 unspecified atom stereocenters. The molecule has 0 aromatic carbocycles. The van der Waals surface area contributed by atoms with E-state index in [4.69, 9.17) is 9.84 Å². The van der Waals surface area contributed by atoms with Crippen molar-refractivity contribution in [3.8, 4) is 0 Å². The van der Waals surface area contributed by atoms with E-state index < -0.39 is 0 Å². The average Bonchev–Trinajstić information content (AvgIpc) is 2.33. The van der Waals surface area contributed by atoms with Crippen molar-refractivity contribution in [1.82, 2.24) is 0 Å². The van der Waals surface area contributed by atoms with Crippen molar-refractivity contribution in [2.24, 2.45) is 16.7 Å². The van der Waals surface area contributed by atoms with Crippen LogP contribution in [-0.2, 0) is 9.53 Å². The van der Waals surface area contributed by atoms with Crippen LogP contribution in [0, 0.1) is 16.7 Å². The van der Waals surface area contributed by atoms with E-state index in [1.54, 1.807) is 6.92 Å². The summed E-state index contributed by atoms with van der Waals surface area (Å²) >= 11 is 0. The summed E-state index contributed by atoms with van der Waals surface area (Å²) < 4.78 is 5.55. The van der Waals surface area contributed by atoms with E-state index in [1.807, 2.05) is 41.5 Å². The number of hydrogen-bond acceptors (Lipinski definition) is 3. The molecule has 0 radical (unpaired) electrons. The molecule has 3 N–H and O–H groups in total. The molecule has 0 fully saturated rings. The smallest absolute Gasteiger partial charge is 0.140 e. The number of ketones is 1. The Morgan fingerprint density at radius 2 is 1.29 bits per heavy atom. The molecule has 24 heavy (non-hydrogen) atoms. The SMILES string of the molecule is CC(C)C(=O)C(C)(C)C.CCO.CCOC(=C(C)C)C(C)(C)C.O. The Morgan fingerprint density at radius 1 is 0.958 bits per heavy atom. The largest absolute Gasteiger partial charge is 0.498 e. The summed E-state index contributed by atoms with van der Waals surface area (Å²) in [6, 6.07) is 0. The van der Waals surface area contributed by atoms with Crippen LogP contribution in [0.2, 0.25) is 0 Å². The molecule has 0 rings (SSSR count). The highest BCUT2D eigenvalue weighted by molar-refractivity contribution is 5.85. The zero-order valence-corrected chi connectivity index (χ0v) is 18.3. The van der Waals surface area contributed by atoms with Crippen LogP contribution in [-0.4, -0.2) is 29.6 Å². The first kappa shape index (κ1) is 31.0.